The number of carbonyl (C=O) groups is 1. The summed E-state index contributed by atoms with van der Waals surface area (Å²) in [5.74, 6) is -0.0747. The molecule has 1 aliphatic rings. The molecule has 1 N–H and O–H groups in total. The number of nitrogens with zero attached hydrogens (tertiary/aromatic N) is 4. The Hall–Kier alpha value is -2.13. The highest BCUT2D eigenvalue weighted by Gasteiger charge is 2.30. The summed E-state index contributed by atoms with van der Waals surface area (Å²) in [7, 11) is -1.47. The molecule has 0 bridgehead atoms. The van der Waals surface area contributed by atoms with Gasteiger partial charge in [0.1, 0.15) is 5.69 Å². The molecular formula is C14H19N5O3S. The molecule has 0 saturated carbocycles. The molecule has 0 aromatic carbocycles. The highest BCUT2D eigenvalue weighted by Crippen LogP contribution is 2.21. The third-order valence-electron chi connectivity index (χ3n) is 3.91. The molecule has 0 saturated heterocycles. The molecule has 9 heteroatoms. The van der Waals surface area contributed by atoms with Gasteiger partial charge in [0.15, 0.2) is 0 Å². The second kappa shape index (κ2) is 5.82. The average molecular weight is 337 g/mol. The van der Waals surface area contributed by atoms with E-state index in [-0.39, 0.29) is 18.5 Å². The minimum atomic E-state index is -3.30. The number of aryl methyl sites for hydroxylation is 1. The van der Waals surface area contributed by atoms with E-state index in [0.29, 0.717) is 18.8 Å². The molecule has 1 amide bonds. The first kappa shape index (κ1) is 15.8. The van der Waals surface area contributed by atoms with Gasteiger partial charge in [0, 0.05) is 32.5 Å². The van der Waals surface area contributed by atoms with Crippen LogP contribution in [0.3, 0.4) is 0 Å². The quantitative estimate of drug-likeness (QED) is 0.848. The summed E-state index contributed by atoms with van der Waals surface area (Å²) in [5.41, 5.74) is 1.49. The van der Waals surface area contributed by atoms with Crippen LogP contribution in [0.1, 0.15) is 22.2 Å². The lowest BCUT2D eigenvalue weighted by Crippen LogP contribution is -2.45. The molecule has 0 spiro atoms. The van der Waals surface area contributed by atoms with Gasteiger partial charge in [-0.2, -0.15) is 5.10 Å². The Bertz CT molecular complexity index is 823. The van der Waals surface area contributed by atoms with Crippen molar-refractivity contribution in [2.75, 3.05) is 19.3 Å². The Morgan fingerprint density at radius 3 is 2.87 bits per heavy atom. The third-order valence-corrected chi connectivity index (χ3v) is 4.60. The van der Waals surface area contributed by atoms with Crippen molar-refractivity contribution in [3.63, 3.8) is 0 Å². The Kier molecular flexibility index (Phi) is 3.99. The normalized spacial score (nSPS) is 18.0. The lowest BCUT2D eigenvalue weighted by atomic mass is 10.2. The zero-order valence-electron chi connectivity index (χ0n) is 13.0. The van der Waals surface area contributed by atoms with Crippen LogP contribution in [0.25, 0.3) is 0 Å². The number of aromatic nitrogens is 3. The Balaban J connectivity index is 1.83. The summed E-state index contributed by atoms with van der Waals surface area (Å²) in [4.78, 5) is 14.4. The van der Waals surface area contributed by atoms with Crippen LogP contribution in [-0.4, -0.2) is 52.9 Å². The van der Waals surface area contributed by atoms with Gasteiger partial charge in [0.05, 0.1) is 24.5 Å². The molecule has 8 nitrogen and oxygen atoms in total. The first-order valence-electron chi connectivity index (χ1n) is 7.23. The van der Waals surface area contributed by atoms with Crippen molar-refractivity contribution >= 4 is 15.9 Å². The predicted octanol–water partition coefficient (Wildman–Crippen LogP) is -0.0321. The van der Waals surface area contributed by atoms with Crippen molar-refractivity contribution in [2.24, 2.45) is 7.05 Å². The maximum atomic E-state index is 12.7. The second-order valence-electron chi connectivity index (χ2n) is 5.73. The molecule has 3 rings (SSSR count). The monoisotopic (exact) mass is 337 g/mol. The molecule has 1 atom stereocenters. The van der Waals surface area contributed by atoms with Crippen LogP contribution in [0.4, 0.5) is 0 Å². The molecule has 2 aromatic heterocycles. The first-order chi connectivity index (χ1) is 10.8. The maximum Gasteiger partial charge on any atom is 0.270 e. The van der Waals surface area contributed by atoms with Crippen molar-refractivity contribution in [1.82, 2.24) is 24.0 Å². The van der Waals surface area contributed by atoms with Crippen LogP contribution < -0.4 is 4.72 Å². The van der Waals surface area contributed by atoms with E-state index in [2.05, 4.69) is 9.82 Å². The standard InChI is InChI=1S/C14H19N5O3S/c1-17-7-3-4-13(17)14(20)18-9-11-5-6-15-19(11)12(10-18)8-16-23(2,21)22/h3-7,12,16H,8-10H2,1-2H3. The summed E-state index contributed by atoms with van der Waals surface area (Å²) in [6, 6.07) is 5.22. The number of nitrogens with one attached hydrogen (secondary N) is 1. The van der Waals surface area contributed by atoms with Crippen molar-refractivity contribution in [3.8, 4) is 0 Å². The van der Waals surface area contributed by atoms with Gasteiger partial charge in [0.25, 0.3) is 5.91 Å². The second-order valence-corrected chi connectivity index (χ2v) is 7.56. The van der Waals surface area contributed by atoms with Crippen LogP contribution in [0, 0.1) is 0 Å². The lowest BCUT2D eigenvalue weighted by Gasteiger charge is -2.34. The number of amides is 1. The number of carbonyl (C=O) groups excluding carboxylic acids is 1. The topological polar surface area (TPSA) is 89.2 Å². The highest BCUT2D eigenvalue weighted by molar-refractivity contribution is 7.88. The summed E-state index contributed by atoms with van der Waals surface area (Å²) in [5, 5.41) is 4.25. The highest BCUT2D eigenvalue weighted by atomic mass is 32.2. The SMILES string of the molecule is Cn1cccc1C(=O)N1Cc2ccnn2C(CNS(C)(=O)=O)C1. The first-order valence-corrected chi connectivity index (χ1v) is 9.12. The summed E-state index contributed by atoms with van der Waals surface area (Å²) < 4.78 is 28.7. The van der Waals surface area contributed by atoms with Crippen LogP contribution in [-0.2, 0) is 23.6 Å². The molecule has 1 unspecified atom stereocenters. The van der Waals surface area contributed by atoms with Crippen LogP contribution >= 0.6 is 0 Å². The van der Waals surface area contributed by atoms with Crippen molar-refractivity contribution in [2.45, 2.75) is 12.6 Å². The summed E-state index contributed by atoms with van der Waals surface area (Å²) in [6.07, 6.45) is 4.61. The minimum absolute atomic E-state index is 0.0747. The summed E-state index contributed by atoms with van der Waals surface area (Å²) in [6.45, 7) is 1.06. The third kappa shape index (κ3) is 3.30. The summed E-state index contributed by atoms with van der Waals surface area (Å²) >= 11 is 0. The van der Waals surface area contributed by atoms with Crippen LogP contribution in [0.2, 0.25) is 0 Å². The smallest absolute Gasteiger partial charge is 0.270 e. The van der Waals surface area contributed by atoms with Gasteiger partial charge >= 0.3 is 0 Å². The molecule has 0 fully saturated rings. The number of rotatable bonds is 4. The fraction of sp³-hybridized carbons (Fsp3) is 0.429. The van der Waals surface area contributed by atoms with Gasteiger partial charge in [-0.05, 0) is 18.2 Å². The van der Waals surface area contributed by atoms with E-state index in [9.17, 15) is 13.2 Å². The predicted molar refractivity (Wildman–Crippen MR) is 84.3 cm³/mol. The minimum Gasteiger partial charge on any atom is -0.347 e. The van der Waals surface area contributed by atoms with E-state index in [0.717, 1.165) is 11.9 Å². The number of fused-ring (bicyclic) bond motifs is 1. The number of hydrogen-bond acceptors (Lipinski definition) is 4. The molecule has 1 aliphatic heterocycles. The van der Waals surface area contributed by atoms with Gasteiger partial charge in [-0.15, -0.1) is 0 Å². The molecule has 2 aromatic rings. The van der Waals surface area contributed by atoms with E-state index < -0.39 is 10.0 Å². The molecular weight excluding hydrogens is 318 g/mol. The van der Waals surface area contributed by atoms with E-state index in [4.69, 9.17) is 0 Å². The van der Waals surface area contributed by atoms with Gasteiger partial charge in [-0.25, -0.2) is 13.1 Å². The molecule has 0 radical (unpaired) electrons. The Morgan fingerprint density at radius 1 is 1.43 bits per heavy atom. The van der Waals surface area contributed by atoms with E-state index in [1.165, 1.54) is 0 Å². The van der Waals surface area contributed by atoms with Crippen molar-refractivity contribution < 1.29 is 13.2 Å². The fourth-order valence-electron chi connectivity index (χ4n) is 2.79. The van der Waals surface area contributed by atoms with Crippen LogP contribution in [0.15, 0.2) is 30.6 Å². The molecule has 23 heavy (non-hydrogen) atoms. The average Bonchev–Trinajstić information content (AvgIpc) is 3.11. The van der Waals surface area contributed by atoms with Gasteiger partial charge in [-0.3, -0.25) is 9.48 Å². The Morgan fingerprint density at radius 2 is 2.22 bits per heavy atom. The zero-order valence-corrected chi connectivity index (χ0v) is 13.8. The zero-order chi connectivity index (χ0) is 16.6. The van der Waals surface area contributed by atoms with Crippen molar-refractivity contribution in [1.29, 1.82) is 0 Å². The van der Waals surface area contributed by atoms with Gasteiger partial charge < -0.3 is 9.47 Å². The van der Waals surface area contributed by atoms with E-state index >= 15 is 0 Å². The van der Waals surface area contributed by atoms with E-state index in [1.54, 1.807) is 26.4 Å². The maximum absolute atomic E-state index is 12.7. The van der Waals surface area contributed by atoms with E-state index in [1.807, 2.05) is 25.4 Å². The fourth-order valence-corrected chi connectivity index (χ4v) is 3.28. The van der Waals surface area contributed by atoms with Crippen LogP contribution in [0.5, 0.6) is 0 Å². The van der Waals surface area contributed by atoms with Gasteiger partial charge in [0.2, 0.25) is 10.0 Å². The number of hydrogen-bond donors (Lipinski definition) is 1. The van der Waals surface area contributed by atoms with Gasteiger partial charge in [-0.1, -0.05) is 0 Å². The molecule has 0 aliphatic carbocycles. The molecule has 3 heterocycles. The van der Waals surface area contributed by atoms with Crippen molar-refractivity contribution in [3.05, 3.63) is 42.0 Å². The largest absolute Gasteiger partial charge is 0.347 e. The molecule has 124 valence electrons. The Labute approximate surface area is 134 Å². The number of sulfonamides is 1. The lowest BCUT2D eigenvalue weighted by molar-refractivity contribution is 0.0662.